The zero-order chi connectivity index (χ0) is 15.8. The summed E-state index contributed by atoms with van der Waals surface area (Å²) in [5, 5.41) is 0.174. The van der Waals surface area contributed by atoms with E-state index in [0.29, 0.717) is 22.2 Å². The summed E-state index contributed by atoms with van der Waals surface area (Å²) >= 11 is 9.05. The number of aryl methyl sites for hydroxylation is 1. The Bertz CT molecular complexity index is 687. The van der Waals surface area contributed by atoms with Gasteiger partial charge in [0.15, 0.2) is 5.82 Å². The van der Waals surface area contributed by atoms with E-state index in [1.807, 2.05) is 6.92 Å². The van der Waals surface area contributed by atoms with E-state index in [-0.39, 0.29) is 16.5 Å². The Morgan fingerprint density at radius 2 is 1.90 bits per heavy atom. The van der Waals surface area contributed by atoms with Crippen molar-refractivity contribution >= 4 is 27.5 Å². The fourth-order valence-corrected chi connectivity index (χ4v) is 2.49. The lowest BCUT2D eigenvalue weighted by molar-refractivity contribution is -0.137. The van der Waals surface area contributed by atoms with Crippen molar-refractivity contribution in [1.82, 2.24) is 9.97 Å². The van der Waals surface area contributed by atoms with Gasteiger partial charge >= 0.3 is 6.18 Å². The van der Waals surface area contributed by atoms with Gasteiger partial charge in [-0.25, -0.2) is 9.97 Å². The summed E-state index contributed by atoms with van der Waals surface area (Å²) in [6.45, 7) is 3.61. The smallest absolute Gasteiger partial charge is 0.233 e. The van der Waals surface area contributed by atoms with Crippen LogP contribution < -0.4 is 0 Å². The van der Waals surface area contributed by atoms with Gasteiger partial charge in [0.25, 0.3) is 0 Å². The third-order valence-electron chi connectivity index (χ3n) is 3.05. The molecule has 1 aromatic carbocycles. The van der Waals surface area contributed by atoms with Crippen molar-refractivity contribution in [2.24, 2.45) is 0 Å². The first-order chi connectivity index (χ1) is 9.74. The number of halogens is 5. The lowest BCUT2D eigenvalue weighted by atomic mass is 10.1. The monoisotopic (exact) mass is 378 g/mol. The van der Waals surface area contributed by atoms with Crippen molar-refractivity contribution in [3.63, 3.8) is 0 Å². The third kappa shape index (κ3) is 3.37. The number of rotatable bonds is 2. The Balaban J connectivity index is 2.70. The molecule has 0 spiro atoms. The Kier molecular flexibility index (Phi) is 4.58. The summed E-state index contributed by atoms with van der Waals surface area (Å²) in [7, 11) is 0. The highest BCUT2D eigenvalue weighted by Crippen LogP contribution is 2.38. The summed E-state index contributed by atoms with van der Waals surface area (Å²) in [4.78, 5) is 8.21. The molecule has 0 aliphatic carbocycles. The number of aromatic nitrogens is 2. The molecule has 0 amide bonds. The molecule has 0 fully saturated rings. The van der Waals surface area contributed by atoms with Crippen molar-refractivity contribution < 1.29 is 13.2 Å². The summed E-state index contributed by atoms with van der Waals surface area (Å²) in [5.74, 6) is -0.0118. The molecule has 0 radical (unpaired) electrons. The van der Waals surface area contributed by atoms with Crippen LogP contribution in [0.25, 0.3) is 11.4 Å². The van der Waals surface area contributed by atoms with Crippen LogP contribution in [0, 0.1) is 6.92 Å². The Morgan fingerprint density at radius 1 is 1.24 bits per heavy atom. The second kappa shape index (κ2) is 5.93. The maximum atomic E-state index is 13.2. The van der Waals surface area contributed by atoms with Crippen LogP contribution in [0.15, 0.2) is 22.7 Å². The molecule has 2 aromatic rings. The topological polar surface area (TPSA) is 25.8 Å². The van der Waals surface area contributed by atoms with Crippen LogP contribution in [0.5, 0.6) is 0 Å². The molecule has 2 nitrogen and oxygen atoms in total. The molecule has 7 heteroatoms. The minimum atomic E-state index is -4.49. The second-order valence-corrected chi connectivity index (χ2v) is 5.72. The predicted octanol–water partition coefficient (Wildman–Crippen LogP) is 5.45. The molecule has 0 N–H and O–H groups in total. The molecular weight excluding hydrogens is 369 g/mol. The van der Waals surface area contributed by atoms with Crippen molar-refractivity contribution in [3.8, 4) is 11.4 Å². The molecule has 0 saturated heterocycles. The van der Waals surface area contributed by atoms with Gasteiger partial charge in [-0.1, -0.05) is 34.5 Å². The van der Waals surface area contributed by atoms with E-state index in [9.17, 15) is 13.2 Å². The van der Waals surface area contributed by atoms with Gasteiger partial charge in [0.1, 0.15) is 5.15 Å². The van der Waals surface area contributed by atoms with Crippen LogP contribution in [-0.2, 0) is 12.6 Å². The van der Waals surface area contributed by atoms with Gasteiger partial charge in [-0.3, -0.25) is 0 Å². The molecule has 0 atom stereocenters. The average Bonchev–Trinajstić information content (AvgIpc) is 2.40. The highest BCUT2D eigenvalue weighted by Gasteiger charge is 2.34. The zero-order valence-electron chi connectivity index (χ0n) is 11.2. The Morgan fingerprint density at radius 3 is 2.48 bits per heavy atom. The number of hydrogen-bond donors (Lipinski definition) is 0. The quantitative estimate of drug-likeness (QED) is 0.649. The Labute approximate surface area is 133 Å². The van der Waals surface area contributed by atoms with E-state index in [1.165, 1.54) is 12.1 Å². The van der Waals surface area contributed by atoms with E-state index in [2.05, 4.69) is 25.9 Å². The van der Waals surface area contributed by atoms with E-state index in [1.54, 1.807) is 6.92 Å². The van der Waals surface area contributed by atoms with Crippen LogP contribution >= 0.6 is 27.5 Å². The van der Waals surface area contributed by atoms with Gasteiger partial charge < -0.3 is 0 Å². The van der Waals surface area contributed by atoms with Gasteiger partial charge in [-0.2, -0.15) is 13.2 Å². The first kappa shape index (κ1) is 16.2. The molecule has 2 rings (SSSR count). The number of nitrogens with zero attached hydrogens (tertiary/aromatic N) is 2. The number of benzene rings is 1. The molecular formula is C14H11BrClF3N2. The molecule has 0 aliphatic heterocycles. The molecule has 1 aromatic heterocycles. The van der Waals surface area contributed by atoms with Crippen LogP contribution in [0.2, 0.25) is 5.15 Å². The lowest BCUT2D eigenvalue weighted by Crippen LogP contribution is -2.09. The van der Waals surface area contributed by atoms with Crippen LogP contribution in [0.4, 0.5) is 13.2 Å². The van der Waals surface area contributed by atoms with Crippen molar-refractivity contribution in [1.29, 1.82) is 0 Å². The molecule has 21 heavy (non-hydrogen) atoms. The summed E-state index contributed by atoms with van der Waals surface area (Å²) in [5.41, 5.74) is 0.454. The SMILES string of the molecule is CCc1nc(-c2ccc(Br)cc2C(F)(F)F)nc(Cl)c1C. The minimum Gasteiger partial charge on any atom is -0.233 e. The molecule has 0 bridgehead atoms. The molecule has 0 aliphatic rings. The summed E-state index contributed by atoms with van der Waals surface area (Å²) < 4.78 is 39.8. The first-order valence-corrected chi connectivity index (χ1v) is 7.31. The molecule has 0 saturated carbocycles. The summed E-state index contributed by atoms with van der Waals surface area (Å²) in [6.07, 6.45) is -3.93. The van der Waals surface area contributed by atoms with E-state index < -0.39 is 11.7 Å². The fraction of sp³-hybridized carbons (Fsp3) is 0.286. The van der Waals surface area contributed by atoms with Crippen molar-refractivity contribution in [3.05, 3.63) is 44.6 Å². The maximum absolute atomic E-state index is 13.2. The molecule has 112 valence electrons. The van der Waals surface area contributed by atoms with Crippen LogP contribution in [0.3, 0.4) is 0 Å². The van der Waals surface area contributed by atoms with Gasteiger partial charge in [-0.15, -0.1) is 0 Å². The van der Waals surface area contributed by atoms with E-state index in [0.717, 1.165) is 6.07 Å². The molecule has 0 unspecified atom stereocenters. The van der Waals surface area contributed by atoms with E-state index in [4.69, 9.17) is 11.6 Å². The van der Waals surface area contributed by atoms with Crippen molar-refractivity contribution in [2.45, 2.75) is 26.4 Å². The van der Waals surface area contributed by atoms with Gasteiger partial charge in [0.05, 0.1) is 5.56 Å². The standard InChI is InChI=1S/C14H11BrClF3N2/c1-3-11-7(2)12(16)21-13(20-11)9-5-4-8(15)6-10(9)14(17,18)19/h4-6H,3H2,1-2H3. The van der Waals surface area contributed by atoms with E-state index >= 15 is 0 Å². The third-order valence-corrected chi connectivity index (χ3v) is 3.91. The summed E-state index contributed by atoms with van der Waals surface area (Å²) in [6, 6.07) is 3.87. The highest BCUT2D eigenvalue weighted by molar-refractivity contribution is 9.10. The Hall–Kier alpha value is -1.14. The highest BCUT2D eigenvalue weighted by atomic mass is 79.9. The molecule has 1 heterocycles. The van der Waals surface area contributed by atoms with Gasteiger partial charge in [-0.05, 0) is 31.5 Å². The predicted molar refractivity (Wildman–Crippen MR) is 79.3 cm³/mol. The number of hydrogen-bond acceptors (Lipinski definition) is 2. The van der Waals surface area contributed by atoms with Gasteiger partial charge in [0.2, 0.25) is 0 Å². The van der Waals surface area contributed by atoms with Crippen LogP contribution in [0.1, 0.15) is 23.7 Å². The lowest BCUT2D eigenvalue weighted by Gasteiger charge is -2.14. The average molecular weight is 380 g/mol. The maximum Gasteiger partial charge on any atom is 0.417 e. The second-order valence-electron chi connectivity index (χ2n) is 4.45. The number of alkyl halides is 3. The normalized spacial score (nSPS) is 11.8. The first-order valence-electron chi connectivity index (χ1n) is 6.14. The van der Waals surface area contributed by atoms with Crippen molar-refractivity contribution in [2.75, 3.05) is 0 Å². The van der Waals surface area contributed by atoms with Gasteiger partial charge in [0, 0.05) is 21.3 Å². The fourth-order valence-electron chi connectivity index (χ4n) is 1.94. The zero-order valence-corrected chi connectivity index (χ0v) is 13.6. The van der Waals surface area contributed by atoms with Crippen LogP contribution in [-0.4, -0.2) is 9.97 Å². The largest absolute Gasteiger partial charge is 0.417 e. The minimum absolute atomic E-state index is 0.0118.